The second kappa shape index (κ2) is 6.22. The summed E-state index contributed by atoms with van der Waals surface area (Å²) in [5.41, 5.74) is 3.85. The lowest BCUT2D eigenvalue weighted by Gasteiger charge is -2.06. The Bertz CT molecular complexity index is 883. The van der Waals surface area contributed by atoms with E-state index in [1.54, 1.807) is 0 Å². The molecule has 3 rings (SSSR count). The lowest BCUT2D eigenvalue weighted by Crippen LogP contribution is -2.19. The van der Waals surface area contributed by atoms with Gasteiger partial charge in [0.25, 0.3) is 0 Å². The van der Waals surface area contributed by atoms with Crippen LogP contribution in [0.25, 0.3) is 22.3 Å². The van der Waals surface area contributed by atoms with Gasteiger partial charge in [0.2, 0.25) is 5.91 Å². The number of benzene rings is 1. The van der Waals surface area contributed by atoms with Crippen molar-refractivity contribution in [1.82, 2.24) is 19.9 Å². The van der Waals surface area contributed by atoms with Gasteiger partial charge in [-0.15, -0.1) is 0 Å². The maximum atomic E-state index is 11.2. The number of carbonyl (C=O) groups is 1. The van der Waals surface area contributed by atoms with Crippen molar-refractivity contribution in [2.75, 3.05) is 0 Å². The SMILES string of the molecule is C=CC(=O)NCc1ccc(-c2cc3c(Cl)ncnc3n2C)cc1. The number of rotatable bonds is 4. The molecule has 1 aromatic carbocycles. The van der Waals surface area contributed by atoms with Crippen molar-refractivity contribution < 1.29 is 4.79 Å². The van der Waals surface area contributed by atoms with Gasteiger partial charge in [-0.25, -0.2) is 9.97 Å². The molecule has 0 spiro atoms. The molecule has 0 bridgehead atoms. The summed E-state index contributed by atoms with van der Waals surface area (Å²) in [6, 6.07) is 9.94. The van der Waals surface area contributed by atoms with E-state index in [1.165, 1.54) is 12.4 Å². The minimum atomic E-state index is -0.184. The Morgan fingerprint density at radius 2 is 2.09 bits per heavy atom. The van der Waals surface area contributed by atoms with Crippen LogP contribution < -0.4 is 5.32 Å². The van der Waals surface area contributed by atoms with Gasteiger partial charge in [0, 0.05) is 13.6 Å². The fourth-order valence-corrected chi connectivity index (χ4v) is 2.62. The van der Waals surface area contributed by atoms with Gasteiger partial charge >= 0.3 is 0 Å². The van der Waals surface area contributed by atoms with Crippen LogP contribution in [0.15, 0.2) is 49.3 Å². The first-order chi connectivity index (χ1) is 11.1. The van der Waals surface area contributed by atoms with Crippen molar-refractivity contribution in [3.05, 3.63) is 60.0 Å². The third-order valence-corrected chi connectivity index (χ3v) is 3.98. The highest BCUT2D eigenvalue weighted by Crippen LogP contribution is 2.29. The molecule has 6 heteroatoms. The molecule has 0 fully saturated rings. The highest BCUT2D eigenvalue weighted by Gasteiger charge is 2.11. The number of aromatic nitrogens is 3. The van der Waals surface area contributed by atoms with E-state index in [9.17, 15) is 4.79 Å². The first-order valence-corrected chi connectivity index (χ1v) is 7.43. The fourth-order valence-electron chi connectivity index (χ4n) is 2.44. The minimum Gasteiger partial charge on any atom is -0.348 e. The largest absolute Gasteiger partial charge is 0.348 e. The van der Waals surface area contributed by atoms with Gasteiger partial charge in [-0.1, -0.05) is 42.4 Å². The Labute approximate surface area is 138 Å². The number of halogens is 1. The highest BCUT2D eigenvalue weighted by molar-refractivity contribution is 6.34. The Balaban J connectivity index is 1.90. The number of aryl methyl sites for hydroxylation is 1. The topological polar surface area (TPSA) is 59.8 Å². The van der Waals surface area contributed by atoms with E-state index in [2.05, 4.69) is 21.9 Å². The molecule has 1 amide bonds. The smallest absolute Gasteiger partial charge is 0.243 e. The maximum absolute atomic E-state index is 11.2. The number of nitrogens with one attached hydrogen (secondary N) is 1. The number of carbonyl (C=O) groups excluding carboxylic acids is 1. The van der Waals surface area contributed by atoms with Crippen molar-refractivity contribution >= 4 is 28.5 Å². The van der Waals surface area contributed by atoms with E-state index >= 15 is 0 Å². The number of hydrogen-bond acceptors (Lipinski definition) is 3. The van der Waals surface area contributed by atoms with Crippen LogP contribution in [0.1, 0.15) is 5.56 Å². The maximum Gasteiger partial charge on any atom is 0.243 e. The normalized spacial score (nSPS) is 10.7. The van der Waals surface area contributed by atoms with Crippen LogP contribution >= 0.6 is 11.6 Å². The van der Waals surface area contributed by atoms with Crippen molar-refractivity contribution in [1.29, 1.82) is 0 Å². The van der Waals surface area contributed by atoms with Crippen molar-refractivity contribution in [3.63, 3.8) is 0 Å². The Morgan fingerprint density at radius 3 is 2.74 bits per heavy atom. The number of fused-ring (bicyclic) bond motifs is 1. The van der Waals surface area contributed by atoms with Crippen LogP contribution in [0.2, 0.25) is 5.15 Å². The third kappa shape index (κ3) is 2.96. The molecule has 23 heavy (non-hydrogen) atoms. The highest BCUT2D eigenvalue weighted by atomic mass is 35.5. The minimum absolute atomic E-state index is 0.184. The molecule has 0 radical (unpaired) electrons. The Hall–Kier alpha value is -2.66. The van der Waals surface area contributed by atoms with E-state index < -0.39 is 0 Å². The van der Waals surface area contributed by atoms with E-state index in [0.717, 1.165) is 27.9 Å². The molecular weight excluding hydrogens is 312 g/mol. The number of hydrogen-bond donors (Lipinski definition) is 1. The zero-order chi connectivity index (χ0) is 16.4. The summed E-state index contributed by atoms with van der Waals surface area (Å²) in [5, 5.41) is 4.02. The summed E-state index contributed by atoms with van der Waals surface area (Å²) in [6.07, 6.45) is 2.72. The average molecular weight is 327 g/mol. The predicted molar refractivity (Wildman–Crippen MR) is 91.0 cm³/mol. The molecule has 0 saturated heterocycles. The van der Waals surface area contributed by atoms with Gasteiger partial charge in [-0.05, 0) is 23.3 Å². The van der Waals surface area contributed by atoms with Crippen molar-refractivity contribution in [2.24, 2.45) is 7.05 Å². The molecule has 3 aromatic rings. The molecule has 116 valence electrons. The van der Waals surface area contributed by atoms with Crippen LogP contribution in [0, 0.1) is 0 Å². The summed E-state index contributed by atoms with van der Waals surface area (Å²) in [5.74, 6) is -0.184. The molecule has 0 atom stereocenters. The molecule has 0 unspecified atom stereocenters. The molecule has 0 aliphatic rings. The van der Waals surface area contributed by atoms with Crippen LogP contribution in [0.3, 0.4) is 0 Å². The monoisotopic (exact) mass is 326 g/mol. The zero-order valence-corrected chi connectivity index (χ0v) is 13.3. The number of nitrogens with zero attached hydrogens (tertiary/aromatic N) is 3. The first kappa shape index (κ1) is 15.2. The number of amides is 1. The summed E-state index contributed by atoms with van der Waals surface area (Å²) in [6.45, 7) is 3.90. The lowest BCUT2D eigenvalue weighted by atomic mass is 10.1. The quantitative estimate of drug-likeness (QED) is 0.592. The Morgan fingerprint density at radius 1 is 1.35 bits per heavy atom. The molecule has 0 aliphatic carbocycles. The summed E-state index contributed by atoms with van der Waals surface area (Å²) < 4.78 is 1.98. The molecule has 5 nitrogen and oxygen atoms in total. The summed E-state index contributed by atoms with van der Waals surface area (Å²) in [7, 11) is 1.94. The lowest BCUT2D eigenvalue weighted by molar-refractivity contribution is -0.116. The summed E-state index contributed by atoms with van der Waals surface area (Å²) >= 11 is 6.13. The van der Waals surface area contributed by atoms with Gasteiger partial charge in [-0.2, -0.15) is 0 Å². The second-order valence-electron chi connectivity index (χ2n) is 5.11. The van der Waals surface area contributed by atoms with E-state index in [1.807, 2.05) is 41.9 Å². The van der Waals surface area contributed by atoms with Crippen LogP contribution in [-0.4, -0.2) is 20.4 Å². The standard InChI is InChI=1S/C17H15ClN4O/c1-3-15(23)19-9-11-4-6-12(7-5-11)14-8-13-16(18)20-10-21-17(13)22(14)2/h3-8,10H,1,9H2,2H3,(H,19,23). The van der Waals surface area contributed by atoms with E-state index in [0.29, 0.717) is 11.7 Å². The van der Waals surface area contributed by atoms with Gasteiger partial charge < -0.3 is 9.88 Å². The molecule has 1 N–H and O–H groups in total. The molecule has 0 aliphatic heterocycles. The van der Waals surface area contributed by atoms with Gasteiger partial charge in [-0.3, -0.25) is 4.79 Å². The second-order valence-corrected chi connectivity index (χ2v) is 5.47. The van der Waals surface area contributed by atoms with E-state index in [-0.39, 0.29) is 5.91 Å². The third-order valence-electron chi connectivity index (χ3n) is 3.68. The summed E-state index contributed by atoms with van der Waals surface area (Å²) in [4.78, 5) is 19.5. The predicted octanol–water partition coefficient (Wildman–Crippen LogP) is 3.09. The molecule has 0 saturated carbocycles. The average Bonchev–Trinajstić information content (AvgIpc) is 2.92. The van der Waals surface area contributed by atoms with Gasteiger partial charge in [0.05, 0.1) is 11.1 Å². The van der Waals surface area contributed by atoms with Crippen LogP contribution in [0.5, 0.6) is 0 Å². The molecular formula is C17H15ClN4O. The van der Waals surface area contributed by atoms with Crippen molar-refractivity contribution in [2.45, 2.75) is 6.54 Å². The zero-order valence-electron chi connectivity index (χ0n) is 12.6. The fraction of sp³-hybridized carbons (Fsp3) is 0.118. The molecule has 2 aromatic heterocycles. The molecule has 2 heterocycles. The van der Waals surface area contributed by atoms with Crippen LogP contribution in [0.4, 0.5) is 0 Å². The Kier molecular flexibility index (Phi) is 4.12. The van der Waals surface area contributed by atoms with Gasteiger partial charge in [0.1, 0.15) is 17.1 Å². The van der Waals surface area contributed by atoms with Crippen LogP contribution in [-0.2, 0) is 18.4 Å². The first-order valence-electron chi connectivity index (χ1n) is 7.05. The van der Waals surface area contributed by atoms with E-state index in [4.69, 9.17) is 11.6 Å². The van der Waals surface area contributed by atoms with Crippen molar-refractivity contribution in [3.8, 4) is 11.3 Å². The van der Waals surface area contributed by atoms with Gasteiger partial charge in [0.15, 0.2) is 0 Å².